The van der Waals surface area contributed by atoms with Gasteiger partial charge in [-0.3, -0.25) is 0 Å². The van der Waals surface area contributed by atoms with Gasteiger partial charge in [-0.25, -0.2) is 13.6 Å². The molecule has 2 aromatic rings. The Balaban J connectivity index is 2.16. The van der Waals surface area contributed by atoms with Crippen molar-refractivity contribution in [2.24, 2.45) is 0 Å². The number of carbonyl (C=O) groups is 1. The van der Waals surface area contributed by atoms with E-state index in [1.165, 1.54) is 19.2 Å². The second kappa shape index (κ2) is 6.21. The topological polar surface area (TPSA) is 61.5 Å². The fourth-order valence-electron chi connectivity index (χ4n) is 1.79. The zero-order valence-corrected chi connectivity index (χ0v) is 11.2. The van der Waals surface area contributed by atoms with E-state index >= 15 is 0 Å². The minimum absolute atomic E-state index is 0.0678. The number of halogens is 2. The molecule has 6 heteroatoms. The molecule has 2 aromatic carbocycles. The highest BCUT2D eigenvalue weighted by atomic mass is 19.1. The molecule has 0 saturated heterocycles. The van der Waals surface area contributed by atoms with Crippen LogP contribution in [0.25, 0.3) is 0 Å². The van der Waals surface area contributed by atoms with Gasteiger partial charge in [0.25, 0.3) is 0 Å². The van der Waals surface area contributed by atoms with Crippen molar-refractivity contribution < 1.29 is 23.0 Å². The lowest BCUT2D eigenvalue weighted by molar-refractivity contribution is 0.0466. The number of esters is 1. The van der Waals surface area contributed by atoms with Gasteiger partial charge >= 0.3 is 5.97 Å². The third-order valence-electron chi connectivity index (χ3n) is 2.86. The Bertz CT molecular complexity index is 674. The summed E-state index contributed by atoms with van der Waals surface area (Å²) in [5.74, 6) is -1.96. The van der Waals surface area contributed by atoms with E-state index in [2.05, 4.69) is 0 Å². The lowest BCUT2D eigenvalue weighted by atomic mass is 10.1. The third-order valence-corrected chi connectivity index (χ3v) is 2.86. The standard InChI is InChI=1S/C15H13F2NO3/c1-20-13-4-2-3-12(18)14(13)15(19)21-8-9-5-6-10(16)7-11(9)17/h2-7H,8,18H2,1H3. The predicted octanol–water partition coefficient (Wildman–Crippen LogP) is 2.91. The first-order valence-corrected chi connectivity index (χ1v) is 6.06. The summed E-state index contributed by atoms with van der Waals surface area (Å²) in [4.78, 5) is 12.0. The van der Waals surface area contributed by atoms with Gasteiger partial charge in [0, 0.05) is 17.3 Å². The fourth-order valence-corrected chi connectivity index (χ4v) is 1.79. The second-order valence-corrected chi connectivity index (χ2v) is 4.24. The lowest BCUT2D eigenvalue weighted by Gasteiger charge is -2.11. The van der Waals surface area contributed by atoms with Crippen molar-refractivity contribution in [1.82, 2.24) is 0 Å². The normalized spacial score (nSPS) is 10.2. The summed E-state index contributed by atoms with van der Waals surface area (Å²) in [5.41, 5.74) is 6.05. The molecule has 2 rings (SSSR count). The van der Waals surface area contributed by atoms with Gasteiger partial charge in [0.1, 0.15) is 29.6 Å². The molecule has 0 radical (unpaired) electrons. The maximum Gasteiger partial charge on any atom is 0.344 e. The van der Waals surface area contributed by atoms with Gasteiger partial charge in [-0.05, 0) is 24.3 Å². The van der Waals surface area contributed by atoms with Crippen LogP contribution in [0, 0.1) is 11.6 Å². The van der Waals surface area contributed by atoms with Crippen molar-refractivity contribution in [1.29, 1.82) is 0 Å². The SMILES string of the molecule is COc1cccc(N)c1C(=O)OCc1ccc(F)cc1F. The zero-order chi connectivity index (χ0) is 15.4. The Kier molecular flexibility index (Phi) is 4.37. The number of nitrogen functional groups attached to an aromatic ring is 1. The number of hydrogen-bond donors (Lipinski definition) is 1. The molecule has 4 nitrogen and oxygen atoms in total. The van der Waals surface area contributed by atoms with E-state index in [0.29, 0.717) is 0 Å². The molecule has 110 valence electrons. The molecule has 0 bridgehead atoms. The highest BCUT2D eigenvalue weighted by Gasteiger charge is 2.18. The summed E-state index contributed by atoms with van der Waals surface area (Å²) in [6, 6.07) is 7.74. The van der Waals surface area contributed by atoms with Crippen molar-refractivity contribution in [3.05, 3.63) is 59.2 Å². The van der Waals surface area contributed by atoms with Gasteiger partial charge in [-0.1, -0.05) is 6.07 Å². The average molecular weight is 293 g/mol. The molecule has 0 aromatic heterocycles. The molecule has 0 aliphatic rings. The van der Waals surface area contributed by atoms with Crippen LogP contribution in [0.2, 0.25) is 0 Å². The highest BCUT2D eigenvalue weighted by Crippen LogP contribution is 2.25. The Hall–Kier alpha value is -2.63. The van der Waals surface area contributed by atoms with Crippen molar-refractivity contribution in [3.8, 4) is 5.75 Å². The van der Waals surface area contributed by atoms with Crippen LogP contribution >= 0.6 is 0 Å². The maximum atomic E-state index is 13.4. The van der Waals surface area contributed by atoms with Gasteiger partial charge in [0.15, 0.2) is 0 Å². The number of carbonyl (C=O) groups excluding carboxylic acids is 1. The van der Waals surface area contributed by atoms with Crippen molar-refractivity contribution in [2.45, 2.75) is 6.61 Å². The van der Waals surface area contributed by atoms with Crippen LogP contribution in [-0.2, 0) is 11.3 Å². The molecule has 0 fully saturated rings. The van der Waals surface area contributed by atoms with Gasteiger partial charge < -0.3 is 15.2 Å². The molecule has 0 heterocycles. The van der Waals surface area contributed by atoms with Gasteiger partial charge in [0.2, 0.25) is 0 Å². The first-order chi connectivity index (χ1) is 10.0. The maximum absolute atomic E-state index is 13.4. The van der Waals surface area contributed by atoms with E-state index in [0.717, 1.165) is 12.1 Å². The molecule has 21 heavy (non-hydrogen) atoms. The van der Waals surface area contributed by atoms with E-state index in [1.54, 1.807) is 12.1 Å². The van der Waals surface area contributed by atoms with Crippen LogP contribution in [-0.4, -0.2) is 13.1 Å². The summed E-state index contributed by atoms with van der Waals surface area (Å²) in [6.45, 7) is -0.331. The quantitative estimate of drug-likeness (QED) is 0.695. The number of benzene rings is 2. The first kappa shape index (κ1) is 14.8. The van der Waals surface area contributed by atoms with E-state index in [4.69, 9.17) is 15.2 Å². The van der Waals surface area contributed by atoms with Crippen LogP contribution in [0.3, 0.4) is 0 Å². The zero-order valence-electron chi connectivity index (χ0n) is 11.2. The number of rotatable bonds is 4. The van der Waals surface area contributed by atoms with E-state index in [-0.39, 0.29) is 29.2 Å². The number of anilines is 1. The fraction of sp³-hybridized carbons (Fsp3) is 0.133. The Labute approximate surface area is 120 Å². The Morgan fingerprint density at radius 3 is 2.67 bits per heavy atom. The molecular weight excluding hydrogens is 280 g/mol. The van der Waals surface area contributed by atoms with Gasteiger partial charge in [-0.15, -0.1) is 0 Å². The summed E-state index contributed by atoms with van der Waals surface area (Å²) < 4.78 is 36.3. The number of ether oxygens (including phenoxy) is 2. The summed E-state index contributed by atoms with van der Waals surface area (Å²) >= 11 is 0. The smallest absolute Gasteiger partial charge is 0.344 e. The monoisotopic (exact) mass is 293 g/mol. The molecule has 0 aliphatic heterocycles. The van der Waals surface area contributed by atoms with E-state index < -0.39 is 17.6 Å². The van der Waals surface area contributed by atoms with Crippen molar-refractivity contribution in [3.63, 3.8) is 0 Å². The van der Waals surface area contributed by atoms with E-state index in [9.17, 15) is 13.6 Å². The van der Waals surface area contributed by atoms with Crippen LogP contribution in [0.15, 0.2) is 36.4 Å². The van der Waals surface area contributed by atoms with Crippen molar-refractivity contribution >= 4 is 11.7 Å². The second-order valence-electron chi connectivity index (χ2n) is 4.24. The van der Waals surface area contributed by atoms with Crippen molar-refractivity contribution in [2.75, 3.05) is 12.8 Å². The first-order valence-electron chi connectivity index (χ1n) is 6.06. The predicted molar refractivity (Wildman–Crippen MR) is 72.9 cm³/mol. The minimum atomic E-state index is -0.782. The number of methoxy groups -OCH3 is 1. The van der Waals surface area contributed by atoms with E-state index in [1.807, 2.05) is 0 Å². The molecule has 0 aliphatic carbocycles. The molecule has 0 amide bonds. The molecule has 0 spiro atoms. The molecule has 0 saturated carbocycles. The van der Waals surface area contributed by atoms with Crippen LogP contribution in [0.4, 0.5) is 14.5 Å². The molecule has 2 N–H and O–H groups in total. The van der Waals surface area contributed by atoms with Crippen LogP contribution in [0.5, 0.6) is 5.75 Å². The Morgan fingerprint density at radius 2 is 2.00 bits per heavy atom. The largest absolute Gasteiger partial charge is 0.496 e. The average Bonchev–Trinajstić information content (AvgIpc) is 2.45. The summed E-state index contributed by atoms with van der Waals surface area (Å²) in [7, 11) is 1.39. The highest BCUT2D eigenvalue weighted by molar-refractivity contribution is 5.98. The number of nitrogens with two attached hydrogens (primary N) is 1. The molecule has 0 unspecified atom stereocenters. The number of hydrogen-bond acceptors (Lipinski definition) is 4. The minimum Gasteiger partial charge on any atom is -0.496 e. The summed E-state index contributed by atoms with van der Waals surface area (Å²) in [6.07, 6.45) is 0. The lowest BCUT2D eigenvalue weighted by Crippen LogP contribution is -2.10. The van der Waals surface area contributed by atoms with Crippen LogP contribution < -0.4 is 10.5 Å². The summed E-state index contributed by atoms with van der Waals surface area (Å²) in [5, 5.41) is 0. The molecule has 0 atom stereocenters. The van der Waals surface area contributed by atoms with Gasteiger partial charge in [-0.2, -0.15) is 0 Å². The van der Waals surface area contributed by atoms with Crippen LogP contribution in [0.1, 0.15) is 15.9 Å². The van der Waals surface area contributed by atoms with Gasteiger partial charge in [0.05, 0.1) is 7.11 Å². The Morgan fingerprint density at radius 1 is 1.24 bits per heavy atom. The third kappa shape index (κ3) is 3.28. The molecular formula is C15H13F2NO3.